The minimum Gasteiger partial charge on any atom is -0.508 e. The highest BCUT2D eigenvalue weighted by atomic mass is 16.3. The smallest absolute Gasteiger partial charge is 0.115 e. The van der Waals surface area contributed by atoms with Gasteiger partial charge in [0.25, 0.3) is 0 Å². The normalized spacial score (nSPS) is 24.8. The number of aromatic hydroxyl groups is 1. The van der Waals surface area contributed by atoms with Crippen LogP contribution in [0.4, 0.5) is 0 Å². The van der Waals surface area contributed by atoms with E-state index in [0.717, 1.165) is 32.2 Å². The van der Waals surface area contributed by atoms with Crippen LogP contribution in [0.1, 0.15) is 24.8 Å². The molecule has 0 heterocycles. The lowest BCUT2D eigenvalue weighted by Gasteiger charge is -2.16. The molecule has 0 radical (unpaired) electrons. The summed E-state index contributed by atoms with van der Waals surface area (Å²) in [5.41, 5.74) is 1.21. The van der Waals surface area contributed by atoms with E-state index < -0.39 is 0 Å². The van der Waals surface area contributed by atoms with E-state index in [2.05, 4.69) is 5.32 Å². The lowest BCUT2D eigenvalue weighted by molar-refractivity contribution is 0.149. The van der Waals surface area contributed by atoms with Crippen LogP contribution in [0.5, 0.6) is 5.75 Å². The fraction of sp³-hybridized carbons (Fsp3) is 0.538. The second-order valence-electron chi connectivity index (χ2n) is 4.48. The number of aliphatic hydroxyl groups excluding tert-OH is 1. The van der Waals surface area contributed by atoms with Crippen molar-refractivity contribution >= 4 is 0 Å². The first-order valence-corrected chi connectivity index (χ1v) is 5.95. The number of phenolic OH excluding ortho intramolecular Hbond substituents is 1. The molecule has 0 spiro atoms. The number of nitrogens with one attached hydrogen (secondary N) is 1. The van der Waals surface area contributed by atoms with Crippen molar-refractivity contribution in [2.24, 2.45) is 0 Å². The van der Waals surface area contributed by atoms with Crippen LogP contribution in [-0.4, -0.2) is 28.9 Å². The van der Waals surface area contributed by atoms with Gasteiger partial charge in [-0.2, -0.15) is 0 Å². The highest BCUT2D eigenvalue weighted by Crippen LogP contribution is 2.18. The summed E-state index contributed by atoms with van der Waals surface area (Å²) in [6, 6.07) is 7.56. The Morgan fingerprint density at radius 2 is 1.94 bits per heavy atom. The maximum atomic E-state index is 9.63. The maximum absolute atomic E-state index is 9.63. The third-order valence-corrected chi connectivity index (χ3v) is 3.24. The van der Waals surface area contributed by atoms with Crippen LogP contribution in [0.2, 0.25) is 0 Å². The Labute approximate surface area is 96.1 Å². The second-order valence-corrected chi connectivity index (χ2v) is 4.48. The summed E-state index contributed by atoms with van der Waals surface area (Å²) in [5, 5.41) is 22.1. The largest absolute Gasteiger partial charge is 0.508 e. The van der Waals surface area contributed by atoms with E-state index in [1.807, 2.05) is 12.1 Å². The van der Waals surface area contributed by atoms with Crippen LogP contribution >= 0.6 is 0 Å². The van der Waals surface area contributed by atoms with Gasteiger partial charge in [0, 0.05) is 6.04 Å². The molecule has 16 heavy (non-hydrogen) atoms. The van der Waals surface area contributed by atoms with E-state index in [1.165, 1.54) is 5.56 Å². The number of rotatable bonds is 4. The van der Waals surface area contributed by atoms with E-state index in [0.29, 0.717) is 5.75 Å². The summed E-state index contributed by atoms with van der Waals surface area (Å²) in [4.78, 5) is 0. The van der Waals surface area contributed by atoms with Crippen molar-refractivity contribution in [3.8, 4) is 5.75 Å². The Morgan fingerprint density at radius 3 is 2.56 bits per heavy atom. The fourth-order valence-electron chi connectivity index (χ4n) is 2.24. The van der Waals surface area contributed by atoms with Gasteiger partial charge in [-0.05, 0) is 49.9 Å². The highest BCUT2D eigenvalue weighted by Gasteiger charge is 2.23. The predicted molar refractivity (Wildman–Crippen MR) is 63.5 cm³/mol. The van der Waals surface area contributed by atoms with Crippen molar-refractivity contribution in [3.63, 3.8) is 0 Å². The van der Waals surface area contributed by atoms with Crippen molar-refractivity contribution in [3.05, 3.63) is 29.8 Å². The van der Waals surface area contributed by atoms with Crippen molar-refractivity contribution in [1.82, 2.24) is 5.32 Å². The molecule has 1 fully saturated rings. The van der Waals surface area contributed by atoms with Gasteiger partial charge in [0.05, 0.1) is 6.10 Å². The summed E-state index contributed by atoms with van der Waals surface area (Å²) >= 11 is 0. The lowest BCUT2D eigenvalue weighted by atomic mass is 10.1. The molecule has 0 amide bonds. The summed E-state index contributed by atoms with van der Waals surface area (Å²) in [6.45, 7) is 0.881. The monoisotopic (exact) mass is 221 g/mol. The summed E-state index contributed by atoms with van der Waals surface area (Å²) in [5.74, 6) is 0.308. The average Bonchev–Trinajstić information content (AvgIpc) is 2.68. The molecule has 3 heteroatoms. The Morgan fingerprint density at radius 1 is 1.19 bits per heavy atom. The van der Waals surface area contributed by atoms with E-state index in [9.17, 15) is 5.11 Å². The number of benzene rings is 1. The SMILES string of the molecule is Oc1ccc(CCNC2CCCC2O)cc1. The van der Waals surface area contributed by atoms with Gasteiger partial charge < -0.3 is 15.5 Å². The molecule has 1 saturated carbocycles. The van der Waals surface area contributed by atoms with Gasteiger partial charge >= 0.3 is 0 Å². The quantitative estimate of drug-likeness (QED) is 0.721. The molecule has 1 aromatic carbocycles. The molecule has 2 rings (SSSR count). The molecule has 0 saturated heterocycles. The maximum Gasteiger partial charge on any atom is 0.115 e. The molecule has 2 unspecified atom stereocenters. The van der Waals surface area contributed by atoms with Gasteiger partial charge in [0.15, 0.2) is 0 Å². The first kappa shape index (κ1) is 11.4. The first-order chi connectivity index (χ1) is 7.75. The second kappa shape index (κ2) is 5.32. The molecule has 3 nitrogen and oxygen atoms in total. The van der Waals surface area contributed by atoms with Crippen molar-refractivity contribution in [2.75, 3.05) is 6.54 Å². The predicted octanol–water partition coefficient (Wildman–Crippen LogP) is 1.44. The summed E-state index contributed by atoms with van der Waals surface area (Å²) < 4.78 is 0. The van der Waals surface area contributed by atoms with E-state index in [-0.39, 0.29) is 12.1 Å². The molecule has 88 valence electrons. The molecule has 3 N–H and O–H groups in total. The lowest BCUT2D eigenvalue weighted by Crippen LogP contribution is -2.36. The van der Waals surface area contributed by atoms with Gasteiger partial charge in [-0.3, -0.25) is 0 Å². The molecule has 1 aliphatic carbocycles. The van der Waals surface area contributed by atoms with E-state index in [4.69, 9.17) is 5.11 Å². The van der Waals surface area contributed by atoms with Crippen LogP contribution in [0, 0.1) is 0 Å². The molecular formula is C13H19NO2. The van der Waals surface area contributed by atoms with Gasteiger partial charge in [0.2, 0.25) is 0 Å². The summed E-state index contributed by atoms with van der Waals surface area (Å²) in [6.07, 6.45) is 3.90. The molecule has 2 atom stereocenters. The van der Waals surface area contributed by atoms with E-state index >= 15 is 0 Å². The van der Waals surface area contributed by atoms with Gasteiger partial charge in [-0.15, -0.1) is 0 Å². The molecule has 1 aromatic rings. The van der Waals surface area contributed by atoms with Gasteiger partial charge in [-0.25, -0.2) is 0 Å². The van der Waals surface area contributed by atoms with Crippen LogP contribution < -0.4 is 5.32 Å². The summed E-state index contributed by atoms with van der Waals surface area (Å²) in [7, 11) is 0. The van der Waals surface area contributed by atoms with Gasteiger partial charge in [0.1, 0.15) is 5.75 Å². The van der Waals surface area contributed by atoms with Crippen molar-refractivity contribution < 1.29 is 10.2 Å². The zero-order chi connectivity index (χ0) is 11.4. The topological polar surface area (TPSA) is 52.5 Å². The highest BCUT2D eigenvalue weighted by molar-refractivity contribution is 5.25. The molecule has 0 aromatic heterocycles. The van der Waals surface area contributed by atoms with Crippen LogP contribution in [-0.2, 0) is 6.42 Å². The number of hydrogen-bond donors (Lipinski definition) is 3. The molecule has 0 bridgehead atoms. The third kappa shape index (κ3) is 2.97. The van der Waals surface area contributed by atoms with Crippen molar-refractivity contribution in [1.29, 1.82) is 0 Å². The average molecular weight is 221 g/mol. The number of aliphatic hydroxyl groups is 1. The number of hydrogen-bond acceptors (Lipinski definition) is 3. The molecular weight excluding hydrogens is 202 g/mol. The Bertz CT molecular complexity index is 323. The van der Waals surface area contributed by atoms with Crippen LogP contribution in [0.25, 0.3) is 0 Å². The van der Waals surface area contributed by atoms with Crippen LogP contribution in [0.3, 0.4) is 0 Å². The number of phenols is 1. The Balaban J connectivity index is 1.73. The molecule has 0 aliphatic heterocycles. The first-order valence-electron chi connectivity index (χ1n) is 5.95. The minimum atomic E-state index is -0.167. The van der Waals surface area contributed by atoms with E-state index in [1.54, 1.807) is 12.1 Å². The van der Waals surface area contributed by atoms with Crippen molar-refractivity contribution in [2.45, 2.75) is 37.8 Å². The third-order valence-electron chi connectivity index (χ3n) is 3.24. The minimum absolute atomic E-state index is 0.167. The standard InChI is InChI=1S/C13H19NO2/c15-11-6-4-10(5-7-11)8-9-14-12-2-1-3-13(12)16/h4-7,12-16H,1-3,8-9H2. The molecule has 1 aliphatic rings. The zero-order valence-electron chi connectivity index (χ0n) is 9.39. The fourth-order valence-corrected chi connectivity index (χ4v) is 2.24. The Kier molecular flexibility index (Phi) is 3.80. The zero-order valence-corrected chi connectivity index (χ0v) is 9.39. The van der Waals surface area contributed by atoms with Crippen LogP contribution in [0.15, 0.2) is 24.3 Å². The Hall–Kier alpha value is -1.06. The van der Waals surface area contributed by atoms with Gasteiger partial charge in [-0.1, -0.05) is 12.1 Å².